The van der Waals surface area contributed by atoms with E-state index in [1.165, 1.54) is 21.7 Å². The van der Waals surface area contributed by atoms with E-state index >= 15 is 0 Å². The summed E-state index contributed by atoms with van der Waals surface area (Å²) >= 11 is 0. The Hall–Kier alpha value is -3.22. The van der Waals surface area contributed by atoms with Gasteiger partial charge in [0.2, 0.25) is 0 Å². The third kappa shape index (κ3) is 2.30. The van der Waals surface area contributed by atoms with Crippen LogP contribution in [-0.2, 0) is 13.1 Å². The maximum Gasteiger partial charge on any atom is 0.354 e. The topological polar surface area (TPSA) is 60.1 Å². The molecule has 1 aromatic heterocycles. The number of nitrogens with zero attached hydrogens (tertiary/aromatic N) is 4. The molecule has 7 heteroatoms. The zero-order valence-corrected chi connectivity index (χ0v) is 12.6. The molecule has 0 aliphatic carbocycles. The number of benzene rings is 2. The number of aromatic nitrogens is 3. The fourth-order valence-corrected chi connectivity index (χ4v) is 2.80. The highest BCUT2D eigenvalue weighted by Crippen LogP contribution is 2.21. The van der Waals surface area contributed by atoms with Crippen LogP contribution >= 0.6 is 0 Å². The molecule has 2 heterocycles. The van der Waals surface area contributed by atoms with Crippen LogP contribution in [0, 0.1) is 5.82 Å². The minimum absolute atomic E-state index is 0.120. The molecule has 3 aromatic rings. The summed E-state index contributed by atoms with van der Waals surface area (Å²) in [6.07, 6.45) is 0. The van der Waals surface area contributed by atoms with Gasteiger partial charge in [0.05, 0.1) is 13.1 Å². The average molecular weight is 324 g/mol. The number of carbonyl (C=O) groups excluding carboxylic acids is 1. The Labute approximate surface area is 136 Å². The second-order valence-electron chi connectivity index (χ2n) is 5.53. The summed E-state index contributed by atoms with van der Waals surface area (Å²) in [4.78, 5) is 26.5. The molecule has 0 atom stereocenters. The maximum absolute atomic E-state index is 13.3. The van der Waals surface area contributed by atoms with Crippen LogP contribution in [0.2, 0.25) is 0 Å². The van der Waals surface area contributed by atoms with E-state index in [2.05, 4.69) is 5.10 Å². The first-order chi connectivity index (χ1) is 11.6. The summed E-state index contributed by atoms with van der Waals surface area (Å²) in [5.41, 5.74) is 0.808. The third-order valence-electron chi connectivity index (χ3n) is 3.92. The van der Waals surface area contributed by atoms with Gasteiger partial charge in [0.25, 0.3) is 0 Å². The van der Waals surface area contributed by atoms with Crippen molar-refractivity contribution in [1.82, 2.24) is 14.3 Å². The molecule has 4 rings (SSSR count). The first-order valence-corrected chi connectivity index (χ1v) is 7.43. The fourth-order valence-electron chi connectivity index (χ4n) is 2.80. The van der Waals surface area contributed by atoms with Gasteiger partial charge < -0.3 is 0 Å². The number of rotatable bonds is 3. The van der Waals surface area contributed by atoms with E-state index in [0.717, 1.165) is 4.57 Å². The van der Waals surface area contributed by atoms with E-state index in [1.54, 1.807) is 24.3 Å². The molecule has 0 N–H and O–H groups in total. The Bertz CT molecular complexity index is 978. The minimum Gasteiger partial charge on any atom is -0.286 e. The Balaban J connectivity index is 1.65. The van der Waals surface area contributed by atoms with Crippen molar-refractivity contribution < 1.29 is 9.18 Å². The largest absolute Gasteiger partial charge is 0.354 e. The van der Waals surface area contributed by atoms with Gasteiger partial charge in [0.1, 0.15) is 5.82 Å². The molecule has 0 spiro atoms. The predicted octanol–water partition coefficient (Wildman–Crippen LogP) is 2.22. The van der Waals surface area contributed by atoms with Crippen LogP contribution in [0.15, 0.2) is 59.4 Å². The monoisotopic (exact) mass is 324 g/mol. The molecular formula is C17H13FN4O2. The minimum atomic E-state index is -0.516. The van der Waals surface area contributed by atoms with Crippen LogP contribution in [-0.4, -0.2) is 20.4 Å². The normalized spacial score (nSPS) is 13.4. The van der Waals surface area contributed by atoms with Crippen molar-refractivity contribution >= 4 is 11.7 Å². The average Bonchev–Trinajstić information content (AvgIpc) is 3.06. The highest BCUT2D eigenvalue weighted by molar-refractivity contribution is 5.95. The van der Waals surface area contributed by atoms with Gasteiger partial charge >= 0.3 is 11.7 Å². The summed E-state index contributed by atoms with van der Waals surface area (Å²) in [7, 11) is 0. The zero-order chi connectivity index (χ0) is 16.7. The molecule has 24 heavy (non-hydrogen) atoms. The number of anilines is 1. The number of halogens is 1. The Morgan fingerprint density at radius 1 is 1.04 bits per heavy atom. The van der Waals surface area contributed by atoms with E-state index in [9.17, 15) is 14.0 Å². The smallest absolute Gasteiger partial charge is 0.286 e. The molecule has 0 unspecified atom stereocenters. The summed E-state index contributed by atoms with van der Waals surface area (Å²) in [6, 6.07) is 14.6. The quantitative estimate of drug-likeness (QED) is 0.742. The molecule has 0 bridgehead atoms. The number of hydrogen-bond acceptors (Lipinski definition) is 3. The molecule has 1 aliphatic rings. The van der Waals surface area contributed by atoms with Crippen LogP contribution in [0.4, 0.5) is 14.9 Å². The molecule has 0 radical (unpaired) electrons. The van der Waals surface area contributed by atoms with Crippen molar-refractivity contribution in [3.8, 4) is 0 Å². The third-order valence-corrected chi connectivity index (χ3v) is 3.92. The molecule has 6 nitrogen and oxygen atoms in total. The first kappa shape index (κ1) is 14.4. The van der Waals surface area contributed by atoms with Crippen LogP contribution in [0.3, 0.4) is 0 Å². The van der Waals surface area contributed by atoms with E-state index < -0.39 is 11.7 Å². The number of carbonyl (C=O) groups is 1. The van der Waals surface area contributed by atoms with Crippen LogP contribution in [0.25, 0.3) is 0 Å². The zero-order valence-electron chi connectivity index (χ0n) is 12.6. The van der Waals surface area contributed by atoms with E-state index in [1.807, 2.05) is 18.2 Å². The molecule has 2 aromatic carbocycles. The molecular weight excluding hydrogens is 311 g/mol. The second-order valence-corrected chi connectivity index (χ2v) is 5.53. The van der Waals surface area contributed by atoms with Gasteiger partial charge in [-0.25, -0.2) is 18.7 Å². The Morgan fingerprint density at radius 2 is 1.83 bits per heavy atom. The summed E-state index contributed by atoms with van der Waals surface area (Å²) in [6.45, 7) is 0.351. The van der Waals surface area contributed by atoms with Crippen molar-refractivity contribution in [3.05, 3.63) is 82.3 Å². The highest BCUT2D eigenvalue weighted by atomic mass is 19.1. The van der Waals surface area contributed by atoms with Gasteiger partial charge in [0.15, 0.2) is 5.82 Å². The summed E-state index contributed by atoms with van der Waals surface area (Å²) in [5.74, 6) is 0.00360. The highest BCUT2D eigenvalue weighted by Gasteiger charge is 2.33. The number of hydrogen-bond donors (Lipinski definition) is 0. The van der Waals surface area contributed by atoms with Crippen LogP contribution in [0.5, 0.6) is 0 Å². The Morgan fingerprint density at radius 3 is 2.54 bits per heavy atom. The maximum atomic E-state index is 13.3. The van der Waals surface area contributed by atoms with Gasteiger partial charge in [-0.3, -0.25) is 4.90 Å². The SMILES string of the molecule is O=C1N(c2ccccc2)Cc2nn(Cc3cccc(F)c3)c(=O)n21. The lowest BCUT2D eigenvalue weighted by molar-refractivity contribution is 0.250. The van der Waals surface area contributed by atoms with Gasteiger partial charge in [-0.2, -0.15) is 9.67 Å². The fraction of sp³-hybridized carbons (Fsp3) is 0.118. The number of amides is 1. The molecule has 120 valence electrons. The van der Waals surface area contributed by atoms with Gasteiger partial charge in [-0.15, -0.1) is 0 Å². The molecule has 0 saturated heterocycles. The molecule has 0 fully saturated rings. The second kappa shape index (κ2) is 5.45. The summed E-state index contributed by atoms with van der Waals surface area (Å²) in [5, 5.41) is 4.22. The lowest BCUT2D eigenvalue weighted by Crippen LogP contribution is -2.34. The lowest BCUT2D eigenvalue weighted by Gasteiger charge is -2.14. The van der Waals surface area contributed by atoms with E-state index in [-0.39, 0.29) is 18.9 Å². The van der Waals surface area contributed by atoms with Crippen molar-refractivity contribution in [2.45, 2.75) is 13.1 Å². The van der Waals surface area contributed by atoms with Crippen LogP contribution < -0.4 is 10.6 Å². The van der Waals surface area contributed by atoms with Crippen molar-refractivity contribution in [2.24, 2.45) is 0 Å². The number of fused-ring (bicyclic) bond motifs is 1. The lowest BCUT2D eigenvalue weighted by atomic mass is 10.2. The molecule has 1 aliphatic heterocycles. The standard InChI is InChI=1S/C17H13FN4O2/c18-13-6-4-5-12(9-13)10-21-17(24)22-15(19-21)11-20(16(22)23)14-7-2-1-3-8-14/h1-9H,10-11H2. The van der Waals surface area contributed by atoms with Crippen molar-refractivity contribution in [1.29, 1.82) is 0 Å². The van der Waals surface area contributed by atoms with Gasteiger partial charge in [0, 0.05) is 5.69 Å². The number of para-hydroxylation sites is 1. The Kier molecular flexibility index (Phi) is 3.26. The van der Waals surface area contributed by atoms with Gasteiger partial charge in [-0.1, -0.05) is 30.3 Å². The molecule has 1 amide bonds. The predicted molar refractivity (Wildman–Crippen MR) is 85.4 cm³/mol. The summed E-state index contributed by atoms with van der Waals surface area (Å²) < 4.78 is 15.5. The first-order valence-electron chi connectivity index (χ1n) is 7.43. The van der Waals surface area contributed by atoms with Crippen molar-refractivity contribution in [3.63, 3.8) is 0 Å². The van der Waals surface area contributed by atoms with Gasteiger partial charge in [-0.05, 0) is 29.8 Å². The van der Waals surface area contributed by atoms with E-state index in [0.29, 0.717) is 17.1 Å². The van der Waals surface area contributed by atoms with E-state index in [4.69, 9.17) is 0 Å². The van der Waals surface area contributed by atoms with Crippen LogP contribution in [0.1, 0.15) is 11.4 Å². The van der Waals surface area contributed by atoms with Crippen molar-refractivity contribution in [2.75, 3.05) is 4.90 Å². The molecule has 0 saturated carbocycles.